The molecule has 35 heavy (non-hydrogen) atoms. The van der Waals surface area contributed by atoms with E-state index < -0.39 is 11.4 Å². The Bertz CT molecular complexity index is 1030. The number of hydrogen-bond acceptors (Lipinski definition) is 5. The van der Waals surface area contributed by atoms with E-state index in [1.807, 2.05) is 68.4 Å². The van der Waals surface area contributed by atoms with Crippen molar-refractivity contribution in [2.45, 2.75) is 82.4 Å². The summed E-state index contributed by atoms with van der Waals surface area (Å²) in [6, 6.07) is 17.5. The number of rotatable bonds is 9. The third-order valence-electron chi connectivity index (χ3n) is 7.02. The molecule has 7 heteroatoms. The topological polar surface area (TPSA) is 66.0 Å². The highest BCUT2D eigenvalue weighted by molar-refractivity contribution is 6.30. The van der Waals surface area contributed by atoms with Crippen LogP contribution >= 0.6 is 11.6 Å². The van der Waals surface area contributed by atoms with Gasteiger partial charge < -0.3 is 24.3 Å². The van der Waals surface area contributed by atoms with Crippen LogP contribution in [-0.4, -0.2) is 42.2 Å². The van der Waals surface area contributed by atoms with Crippen molar-refractivity contribution in [3.8, 4) is 0 Å². The molecule has 1 N–H and O–H groups in total. The van der Waals surface area contributed by atoms with Crippen molar-refractivity contribution in [3.05, 3.63) is 70.7 Å². The normalized spacial score (nSPS) is 29.5. The van der Waals surface area contributed by atoms with Gasteiger partial charge in [-0.15, -0.1) is 0 Å². The van der Waals surface area contributed by atoms with Gasteiger partial charge >= 0.3 is 0 Å². The molecule has 1 saturated heterocycles. The first-order chi connectivity index (χ1) is 16.8. The number of amides is 1. The van der Waals surface area contributed by atoms with Crippen LogP contribution in [0.15, 0.2) is 54.6 Å². The third kappa shape index (κ3) is 6.07. The molecule has 1 unspecified atom stereocenters. The first kappa shape index (κ1) is 24.7. The standard InChI is InChI=1S/C28H34ClNO5/c1-27(2)34-24-15-28(26(31)30-16-19-11-12-19,33-18-20-7-4-3-5-8-20)14-23(25(24)35-27)32-17-21-9-6-10-22(29)13-21/h3-10,13,19,23-25H,11-12,14-18H2,1-2H3,(H,30,31)/t23?,24-,25+,28-/m1/s1. The SMILES string of the molecule is CC1(C)O[C@@H]2C[C@@](OCc3ccccc3)(C(=O)NCC3CC3)CC(OCc3cccc(Cl)c3)[C@@H]2O1. The highest BCUT2D eigenvalue weighted by Gasteiger charge is 2.58. The second-order valence-corrected chi connectivity index (χ2v) is 10.9. The van der Waals surface area contributed by atoms with Gasteiger partial charge in [0.05, 0.1) is 25.4 Å². The van der Waals surface area contributed by atoms with Crippen LogP contribution in [0.1, 0.15) is 50.7 Å². The maximum atomic E-state index is 13.7. The van der Waals surface area contributed by atoms with Crippen LogP contribution in [0.25, 0.3) is 0 Å². The molecule has 5 rings (SSSR count). The van der Waals surface area contributed by atoms with Gasteiger partial charge in [0.2, 0.25) is 0 Å². The lowest BCUT2D eigenvalue weighted by Crippen LogP contribution is -2.60. The second-order valence-electron chi connectivity index (χ2n) is 10.4. The fourth-order valence-electron chi connectivity index (χ4n) is 5.05. The maximum absolute atomic E-state index is 13.7. The molecule has 3 fully saturated rings. The summed E-state index contributed by atoms with van der Waals surface area (Å²) in [7, 11) is 0. The van der Waals surface area contributed by atoms with Crippen molar-refractivity contribution >= 4 is 17.5 Å². The Morgan fingerprint density at radius 2 is 1.80 bits per heavy atom. The number of fused-ring (bicyclic) bond motifs is 1. The van der Waals surface area contributed by atoms with Crippen molar-refractivity contribution in [2.24, 2.45) is 5.92 Å². The zero-order chi connectivity index (χ0) is 24.5. The predicted molar refractivity (Wildman–Crippen MR) is 133 cm³/mol. The smallest absolute Gasteiger partial charge is 0.252 e. The molecule has 1 amide bonds. The van der Waals surface area contributed by atoms with Gasteiger partial charge in [0, 0.05) is 24.4 Å². The summed E-state index contributed by atoms with van der Waals surface area (Å²) in [6.45, 7) is 5.18. The molecular formula is C28H34ClNO5. The molecule has 2 aromatic rings. The summed E-state index contributed by atoms with van der Waals surface area (Å²) in [6.07, 6.45) is 2.16. The Morgan fingerprint density at radius 1 is 1.03 bits per heavy atom. The molecule has 2 aliphatic carbocycles. The van der Waals surface area contributed by atoms with Gasteiger partial charge in [0.15, 0.2) is 11.4 Å². The molecular weight excluding hydrogens is 466 g/mol. The molecule has 2 aromatic carbocycles. The Hall–Kier alpha value is -1.96. The van der Waals surface area contributed by atoms with Gasteiger partial charge in [-0.1, -0.05) is 54.1 Å². The minimum Gasteiger partial charge on any atom is -0.371 e. The summed E-state index contributed by atoms with van der Waals surface area (Å²) >= 11 is 6.17. The lowest BCUT2D eigenvalue weighted by atomic mass is 9.78. The summed E-state index contributed by atoms with van der Waals surface area (Å²) in [5, 5.41) is 3.82. The molecule has 0 spiro atoms. The Labute approximate surface area is 212 Å². The molecule has 1 aliphatic heterocycles. The number of hydrogen-bond donors (Lipinski definition) is 1. The van der Waals surface area contributed by atoms with E-state index in [1.165, 1.54) is 12.8 Å². The van der Waals surface area contributed by atoms with Crippen molar-refractivity contribution in [2.75, 3.05) is 6.54 Å². The molecule has 0 radical (unpaired) electrons. The molecule has 6 nitrogen and oxygen atoms in total. The fourth-order valence-corrected chi connectivity index (χ4v) is 5.27. The molecule has 0 aromatic heterocycles. The average molecular weight is 500 g/mol. The third-order valence-corrected chi connectivity index (χ3v) is 7.26. The Morgan fingerprint density at radius 3 is 2.54 bits per heavy atom. The zero-order valence-electron chi connectivity index (χ0n) is 20.4. The monoisotopic (exact) mass is 499 g/mol. The zero-order valence-corrected chi connectivity index (χ0v) is 21.1. The largest absolute Gasteiger partial charge is 0.371 e. The van der Waals surface area contributed by atoms with Gasteiger partial charge in [-0.3, -0.25) is 4.79 Å². The Kier molecular flexibility index (Phi) is 7.20. The van der Waals surface area contributed by atoms with E-state index in [-0.39, 0.29) is 24.2 Å². The van der Waals surface area contributed by atoms with E-state index in [1.54, 1.807) is 0 Å². The number of nitrogens with one attached hydrogen (secondary N) is 1. The van der Waals surface area contributed by atoms with Gasteiger partial charge in [0.1, 0.15) is 6.10 Å². The Balaban J connectivity index is 1.39. The molecule has 188 valence electrons. The quantitative estimate of drug-likeness (QED) is 0.524. The summed E-state index contributed by atoms with van der Waals surface area (Å²) in [5.41, 5.74) is 0.908. The minimum atomic E-state index is -1.07. The van der Waals surface area contributed by atoms with Gasteiger partial charge in [-0.25, -0.2) is 0 Å². The van der Waals surface area contributed by atoms with E-state index in [0.29, 0.717) is 43.5 Å². The van der Waals surface area contributed by atoms with Crippen molar-refractivity contribution < 1.29 is 23.7 Å². The molecule has 4 atom stereocenters. The first-order valence-electron chi connectivity index (χ1n) is 12.5. The average Bonchev–Trinajstić information content (AvgIpc) is 3.61. The fraction of sp³-hybridized carbons (Fsp3) is 0.536. The number of halogens is 1. The number of carbonyl (C=O) groups is 1. The minimum absolute atomic E-state index is 0.0940. The number of carbonyl (C=O) groups excluding carboxylic acids is 1. The van der Waals surface area contributed by atoms with E-state index in [4.69, 9.17) is 30.5 Å². The summed E-state index contributed by atoms with van der Waals surface area (Å²) in [4.78, 5) is 13.7. The predicted octanol–water partition coefficient (Wildman–Crippen LogP) is 5.02. The van der Waals surface area contributed by atoms with Gasteiger partial charge in [-0.2, -0.15) is 0 Å². The molecule has 2 saturated carbocycles. The van der Waals surface area contributed by atoms with Crippen molar-refractivity contribution in [3.63, 3.8) is 0 Å². The van der Waals surface area contributed by atoms with Crippen LogP contribution in [-0.2, 0) is 37.0 Å². The first-order valence-corrected chi connectivity index (χ1v) is 12.9. The summed E-state index contributed by atoms with van der Waals surface area (Å²) < 4.78 is 25.4. The van der Waals surface area contributed by atoms with Crippen LogP contribution in [0, 0.1) is 5.92 Å². The van der Waals surface area contributed by atoms with Gasteiger partial charge in [0.25, 0.3) is 5.91 Å². The van der Waals surface area contributed by atoms with Crippen LogP contribution in [0.5, 0.6) is 0 Å². The van der Waals surface area contributed by atoms with Crippen LogP contribution in [0.4, 0.5) is 0 Å². The lowest BCUT2D eigenvalue weighted by molar-refractivity contribution is -0.183. The molecule has 0 bridgehead atoms. The highest BCUT2D eigenvalue weighted by Crippen LogP contribution is 2.44. The van der Waals surface area contributed by atoms with E-state index in [2.05, 4.69) is 5.32 Å². The number of ether oxygens (including phenoxy) is 4. The maximum Gasteiger partial charge on any atom is 0.252 e. The summed E-state index contributed by atoms with van der Waals surface area (Å²) in [5.74, 6) is -0.280. The van der Waals surface area contributed by atoms with Crippen LogP contribution in [0.2, 0.25) is 5.02 Å². The lowest BCUT2D eigenvalue weighted by Gasteiger charge is -2.43. The second kappa shape index (κ2) is 10.2. The van der Waals surface area contributed by atoms with E-state index in [9.17, 15) is 4.79 Å². The van der Waals surface area contributed by atoms with Gasteiger partial charge in [-0.05, 0) is 55.9 Å². The van der Waals surface area contributed by atoms with Crippen LogP contribution in [0.3, 0.4) is 0 Å². The van der Waals surface area contributed by atoms with Crippen LogP contribution < -0.4 is 5.32 Å². The van der Waals surface area contributed by atoms with E-state index in [0.717, 1.165) is 11.1 Å². The molecule has 3 aliphatic rings. The van der Waals surface area contributed by atoms with E-state index >= 15 is 0 Å². The van der Waals surface area contributed by atoms with Crippen molar-refractivity contribution in [1.29, 1.82) is 0 Å². The highest BCUT2D eigenvalue weighted by atomic mass is 35.5. The number of benzene rings is 2. The van der Waals surface area contributed by atoms with Crippen molar-refractivity contribution in [1.82, 2.24) is 5.32 Å². The molecule has 1 heterocycles.